The molecule has 3 amide bonds. The maximum atomic E-state index is 12.9. The number of nitrogens with two attached hydrogens (primary N) is 1. The molecule has 0 aromatic carbocycles. The number of imide groups is 1. The number of aliphatic hydroxyl groups is 1. The average Bonchev–Trinajstić information content (AvgIpc) is 2.57. The van der Waals surface area contributed by atoms with Gasteiger partial charge in [-0.1, -0.05) is 0 Å². The molecule has 1 aromatic rings. The maximum absolute atomic E-state index is 12.9. The Bertz CT molecular complexity index is 702. The number of nitrogens with zero attached hydrogens (tertiary/aromatic N) is 4. The summed E-state index contributed by atoms with van der Waals surface area (Å²) in [4.78, 5) is 36.6. The molecule has 2 aliphatic heterocycles. The van der Waals surface area contributed by atoms with Crippen LogP contribution in [0.4, 0.5) is 10.6 Å². The van der Waals surface area contributed by atoms with Crippen LogP contribution in [-0.4, -0.2) is 70.5 Å². The van der Waals surface area contributed by atoms with Gasteiger partial charge >= 0.3 is 6.03 Å². The van der Waals surface area contributed by atoms with Crippen molar-refractivity contribution in [2.24, 2.45) is 5.73 Å². The van der Waals surface area contributed by atoms with Crippen LogP contribution in [0.3, 0.4) is 0 Å². The minimum absolute atomic E-state index is 0.0559. The molecule has 10 nitrogen and oxygen atoms in total. The van der Waals surface area contributed by atoms with Crippen molar-refractivity contribution in [3.63, 3.8) is 0 Å². The van der Waals surface area contributed by atoms with Crippen molar-refractivity contribution in [1.29, 1.82) is 0 Å². The fourth-order valence-electron chi connectivity index (χ4n) is 2.78. The molecule has 136 valence electrons. The molecule has 0 saturated carbocycles. The molecule has 0 aliphatic carbocycles. The molecule has 1 fully saturated rings. The molecule has 1 aromatic heterocycles. The van der Waals surface area contributed by atoms with Crippen molar-refractivity contribution in [3.8, 4) is 5.75 Å². The van der Waals surface area contributed by atoms with Gasteiger partial charge in [-0.3, -0.25) is 10.5 Å². The lowest BCUT2D eigenvalue weighted by molar-refractivity contribution is -0.133. The Morgan fingerprint density at radius 2 is 2.04 bits per heavy atom. The van der Waals surface area contributed by atoms with Crippen LogP contribution in [0.5, 0.6) is 5.75 Å². The van der Waals surface area contributed by atoms with E-state index in [0.29, 0.717) is 37.8 Å². The lowest BCUT2D eigenvalue weighted by Crippen LogP contribution is -2.64. The minimum Gasteiger partial charge on any atom is -0.458 e. The zero-order chi connectivity index (χ0) is 18.2. The summed E-state index contributed by atoms with van der Waals surface area (Å²) >= 11 is 0. The van der Waals surface area contributed by atoms with Gasteiger partial charge in [0.25, 0.3) is 5.91 Å². The van der Waals surface area contributed by atoms with E-state index in [2.05, 4.69) is 9.97 Å². The monoisotopic (exact) mass is 351 g/mol. The second kappa shape index (κ2) is 6.54. The zero-order valence-corrected chi connectivity index (χ0v) is 14.2. The number of aliphatic hydroxyl groups excluding tert-OH is 1. The summed E-state index contributed by atoms with van der Waals surface area (Å²) in [6.45, 7) is 4.38. The first-order chi connectivity index (χ1) is 11.8. The molecule has 25 heavy (non-hydrogen) atoms. The minimum atomic E-state index is -1.74. The molecule has 0 bridgehead atoms. The highest BCUT2D eigenvalue weighted by molar-refractivity contribution is 6.18. The molecular formula is C15H21N5O5. The number of aryl methyl sites for hydroxylation is 1. The molecule has 3 rings (SSSR count). The molecule has 0 radical (unpaired) electrons. The zero-order valence-electron chi connectivity index (χ0n) is 14.2. The third-order valence-electron chi connectivity index (χ3n) is 4.00. The van der Waals surface area contributed by atoms with Crippen LogP contribution in [0.1, 0.15) is 18.4 Å². The molecule has 3 heterocycles. The Labute approximate surface area is 144 Å². The van der Waals surface area contributed by atoms with E-state index in [1.807, 2.05) is 0 Å². The lowest BCUT2D eigenvalue weighted by Gasteiger charge is -2.39. The van der Waals surface area contributed by atoms with Crippen molar-refractivity contribution < 1.29 is 24.2 Å². The summed E-state index contributed by atoms with van der Waals surface area (Å²) in [7, 11) is 0. The van der Waals surface area contributed by atoms with E-state index in [1.165, 1.54) is 11.8 Å². The average molecular weight is 351 g/mol. The van der Waals surface area contributed by atoms with E-state index in [0.717, 1.165) is 4.90 Å². The number of ether oxygens (including phenoxy) is 2. The standard InChI is InChI=1S/C15H21N5O5/c1-9-17-10(3-6-21)11-12(18-9)20(13(22)15(2,16)25-11)14(23)19-4-7-24-8-5-19/h21H,3-8,16H2,1-2H3. The maximum Gasteiger partial charge on any atom is 0.333 e. The smallest absolute Gasteiger partial charge is 0.333 e. The van der Waals surface area contributed by atoms with E-state index >= 15 is 0 Å². The van der Waals surface area contributed by atoms with Crippen LogP contribution in [0.25, 0.3) is 0 Å². The number of carbonyl (C=O) groups excluding carboxylic acids is 2. The van der Waals surface area contributed by atoms with Gasteiger partial charge in [-0.15, -0.1) is 0 Å². The van der Waals surface area contributed by atoms with Crippen LogP contribution in [0, 0.1) is 6.92 Å². The van der Waals surface area contributed by atoms with Gasteiger partial charge in [0.05, 0.1) is 18.9 Å². The SMILES string of the molecule is Cc1nc(CCO)c2c(n1)N(C(=O)N1CCOCC1)C(=O)C(C)(N)O2. The fourth-order valence-corrected chi connectivity index (χ4v) is 2.78. The van der Waals surface area contributed by atoms with E-state index in [4.69, 9.17) is 15.2 Å². The van der Waals surface area contributed by atoms with Crippen LogP contribution < -0.4 is 15.4 Å². The highest BCUT2D eigenvalue weighted by atomic mass is 16.5. The number of anilines is 1. The highest BCUT2D eigenvalue weighted by Gasteiger charge is 2.48. The Balaban J connectivity index is 2.08. The van der Waals surface area contributed by atoms with Gasteiger partial charge in [0, 0.05) is 26.1 Å². The summed E-state index contributed by atoms with van der Waals surface area (Å²) in [6, 6.07) is -0.525. The van der Waals surface area contributed by atoms with Gasteiger partial charge in [-0.05, 0) is 13.8 Å². The molecule has 3 N–H and O–H groups in total. The Morgan fingerprint density at radius 1 is 1.36 bits per heavy atom. The topological polar surface area (TPSA) is 131 Å². The number of hydrogen-bond donors (Lipinski definition) is 2. The normalized spacial score (nSPS) is 23.3. The van der Waals surface area contributed by atoms with Gasteiger partial charge in [0.2, 0.25) is 5.72 Å². The first-order valence-electron chi connectivity index (χ1n) is 8.02. The quantitative estimate of drug-likeness (QED) is 0.706. The number of carbonyl (C=O) groups is 2. The summed E-state index contributed by atoms with van der Waals surface area (Å²) in [5.74, 6) is -0.144. The Morgan fingerprint density at radius 3 is 2.68 bits per heavy atom. The fraction of sp³-hybridized carbons (Fsp3) is 0.600. The van der Waals surface area contributed by atoms with Gasteiger partial charge < -0.3 is 19.5 Å². The van der Waals surface area contributed by atoms with Crippen LogP contribution in [0.2, 0.25) is 0 Å². The molecule has 0 spiro atoms. The van der Waals surface area contributed by atoms with Crippen molar-refractivity contribution in [2.75, 3.05) is 37.8 Å². The van der Waals surface area contributed by atoms with E-state index in [-0.39, 0.29) is 24.6 Å². The van der Waals surface area contributed by atoms with Crippen LogP contribution in [0.15, 0.2) is 0 Å². The molecule has 10 heteroatoms. The highest BCUT2D eigenvalue weighted by Crippen LogP contribution is 2.37. The van der Waals surface area contributed by atoms with Crippen molar-refractivity contribution in [2.45, 2.75) is 26.0 Å². The van der Waals surface area contributed by atoms with Gasteiger partial charge in [0.1, 0.15) is 5.82 Å². The molecule has 1 unspecified atom stereocenters. The van der Waals surface area contributed by atoms with Crippen molar-refractivity contribution in [3.05, 3.63) is 11.5 Å². The number of morpholine rings is 1. The Kier molecular flexibility index (Phi) is 4.58. The van der Waals surface area contributed by atoms with Crippen molar-refractivity contribution in [1.82, 2.24) is 14.9 Å². The summed E-state index contributed by atoms with van der Waals surface area (Å²) in [6.07, 6.45) is 0.190. The van der Waals surface area contributed by atoms with Crippen LogP contribution in [-0.2, 0) is 16.0 Å². The molecule has 2 aliphatic rings. The third-order valence-corrected chi connectivity index (χ3v) is 4.00. The van der Waals surface area contributed by atoms with Gasteiger partial charge in [-0.2, -0.15) is 0 Å². The first-order valence-corrected chi connectivity index (χ1v) is 8.02. The Hall–Kier alpha value is -2.30. The first kappa shape index (κ1) is 17.5. The summed E-state index contributed by atoms with van der Waals surface area (Å²) in [5, 5.41) is 9.26. The number of amides is 3. The largest absolute Gasteiger partial charge is 0.458 e. The molecule has 1 saturated heterocycles. The number of hydrogen-bond acceptors (Lipinski definition) is 8. The number of fused-ring (bicyclic) bond motifs is 1. The number of aromatic nitrogens is 2. The number of rotatable bonds is 2. The van der Waals surface area contributed by atoms with Crippen LogP contribution >= 0.6 is 0 Å². The van der Waals surface area contributed by atoms with Gasteiger partial charge in [-0.25, -0.2) is 19.7 Å². The van der Waals surface area contributed by atoms with E-state index in [9.17, 15) is 14.7 Å². The lowest BCUT2D eigenvalue weighted by atomic mass is 10.1. The molecular weight excluding hydrogens is 330 g/mol. The van der Waals surface area contributed by atoms with E-state index in [1.54, 1.807) is 6.92 Å². The van der Waals surface area contributed by atoms with Gasteiger partial charge in [0.15, 0.2) is 11.6 Å². The predicted octanol–water partition coefficient (Wildman–Crippen LogP) is -0.828. The third kappa shape index (κ3) is 3.15. The second-order valence-electron chi connectivity index (χ2n) is 6.08. The number of urea groups is 1. The van der Waals surface area contributed by atoms with E-state index < -0.39 is 17.7 Å². The summed E-state index contributed by atoms with van der Waals surface area (Å²) < 4.78 is 10.8. The summed E-state index contributed by atoms with van der Waals surface area (Å²) in [5.41, 5.74) is 4.63. The van der Waals surface area contributed by atoms with Crippen molar-refractivity contribution >= 4 is 17.8 Å². The predicted molar refractivity (Wildman–Crippen MR) is 86.1 cm³/mol. The second-order valence-corrected chi connectivity index (χ2v) is 6.08. The molecule has 1 atom stereocenters.